The smallest absolute Gasteiger partial charge is 0.366 e. The van der Waals surface area contributed by atoms with E-state index in [1.165, 1.54) is 6.07 Å². The number of carbonyl (C=O) groups is 1. The van der Waals surface area contributed by atoms with Crippen LogP contribution in [0.4, 0.5) is 13.2 Å². The summed E-state index contributed by atoms with van der Waals surface area (Å²) in [6.45, 7) is 5.46. The first-order valence-corrected chi connectivity index (χ1v) is 8.07. The lowest BCUT2D eigenvalue weighted by Gasteiger charge is -2.27. The van der Waals surface area contributed by atoms with Gasteiger partial charge >= 0.3 is 6.18 Å². The number of benzene rings is 1. The van der Waals surface area contributed by atoms with Crippen LogP contribution in [0.2, 0.25) is 0 Å². The molecule has 7 heteroatoms. The Hall–Kier alpha value is -1.60. The molecule has 4 nitrogen and oxygen atoms in total. The fourth-order valence-corrected chi connectivity index (χ4v) is 2.68. The molecule has 1 aromatic rings. The van der Waals surface area contributed by atoms with Crippen LogP contribution in [0.25, 0.3) is 0 Å². The van der Waals surface area contributed by atoms with Gasteiger partial charge in [0.05, 0.1) is 18.2 Å². The maximum Gasteiger partial charge on any atom is 0.416 e. The predicted molar refractivity (Wildman–Crippen MR) is 84.4 cm³/mol. The third-order valence-electron chi connectivity index (χ3n) is 3.86. The van der Waals surface area contributed by atoms with E-state index in [4.69, 9.17) is 4.74 Å². The number of hydrogen-bond donors (Lipinski definition) is 2. The minimum atomic E-state index is -4.40. The molecule has 1 amide bonds. The molecule has 2 rings (SSSR count). The molecule has 1 aliphatic rings. The van der Waals surface area contributed by atoms with Crippen LogP contribution in [0, 0.1) is 5.92 Å². The van der Waals surface area contributed by atoms with Gasteiger partial charge in [0.2, 0.25) is 0 Å². The Morgan fingerprint density at radius 2 is 2.17 bits per heavy atom. The van der Waals surface area contributed by atoms with Crippen molar-refractivity contribution >= 4 is 5.91 Å². The number of carbonyl (C=O) groups excluding carboxylic acids is 1. The fourth-order valence-electron chi connectivity index (χ4n) is 2.68. The van der Waals surface area contributed by atoms with Crippen molar-refractivity contribution in [3.8, 4) is 0 Å². The third kappa shape index (κ3) is 5.21. The molecule has 0 aromatic heterocycles. The second-order valence-electron chi connectivity index (χ2n) is 6.38. The first kappa shape index (κ1) is 18.7. The molecule has 24 heavy (non-hydrogen) atoms. The number of ether oxygens (including phenoxy) is 1. The van der Waals surface area contributed by atoms with Crippen molar-refractivity contribution in [2.24, 2.45) is 5.92 Å². The Bertz CT molecular complexity index is 555. The van der Waals surface area contributed by atoms with Crippen molar-refractivity contribution in [2.75, 3.05) is 19.7 Å². The molecule has 1 heterocycles. The first-order valence-electron chi connectivity index (χ1n) is 8.07. The SMILES string of the molecule is CC(C)CC(NC(=O)C1CNCCO1)c1cccc(C(F)(F)F)c1. The first-order chi connectivity index (χ1) is 11.3. The van der Waals surface area contributed by atoms with Gasteiger partial charge in [-0.05, 0) is 30.0 Å². The van der Waals surface area contributed by atoms with Crippen molar-refractivity contribution < 1.29 is 22.7 Å². The predicted octanol–water partition coefficient (Wildman–Crippen LogP) is 2.90. The minimum Gasteiger partial charge on any atom is -0.366 e. The largest absolute Gasteiger partial charge is 0.416 e. The number of alkyl halides is 3. The highest BCUT2D eigenvalue weighted by molar-refractivity contribution is 5.81. The lowest BCUT2D eigenvalue weighted by molar-refractivity contribution is -0.137. The highest BCUT2D eigenvalue weighted by atomic mass is 19.4. The highest BCUT2D eigenvalue weighted by Crippen LogP contribution is 2.32. The molecule has 2 atom stereocenters. The third-order valence-corrected chi connectivity index (χ3v) is 3.86. The van der Waals surface area contributed by atoms with Crippen LogP contribution >= 0.6 is 0 Å². The highest BCUT2D eigenvalue weighted by Gasteiger charge is 2.31. The van der Waals surface area contributed by atoms with Crippen molar-refractivity contribution in [1.82, 2.24) is 10.6 Å². The number of halogens is 3. The summed E-state index contributed by atoms with van der Waals surface area (Å²) in [5, 5.41) is 5.91. The number of nitrogens with one attached hydrogen (secondary N) is 2. The summed E-state index contributed by atoms with van der Waals surface area (Å²) in [7, 11) is 0. The summed E-state index contributed by atoms with van der Waals surface area (Å²) in [5.74, 6) is -0.0829. The molecule has 0 spiro atoms. The quantitative estimate of drug-likeness (QED) is 0.864. The molecule has 1 saturated heterocycles. The summed E-state index contributed by atoms with van der Waals surface area (Å²) >= 11 is 0. The summed E-state index contributed by atoms with van der Waals surface area (Å²) < 4.78 is 44.2. The Morgan fingerprint density at radius 3 is 2.75 bits per heavy atom. The van der Waals surface area contributed by atoms with Gasteiger partial charge in [-0.15, -0.1) is 0 Å². The van der Waals surface area contributed by atoms with E-state index < -0.39 is 23.9 Å². The topological polar surface area (TPSA) is 50.4 Å². The van der Waals surface area contributed by atoms with Gasteiger partial charge in [-0.3, -0.25) is 4.79 Å². The molecule has 1 aliphatic heterocycles. The molecule has 0 radical (unpaired) electrons. The lowest BCUT2D eigenvalue weighted by Crippen LogP contribution is -2.48. The van der Waals surface area contributed by atoms with Gasteiger partial charge in [0.25, 0.3) is 5.91 Å². The zero-order valence-corrected chi connectivity index (χ0v) is 13.8. The average molecular weight is 344 g/mol. The number of amides is 1. The maximum atomic E-state index is 12.9. The Kier molecular flexibility index (Phi) is 6.23. The summed E-state index contributed by atoms with van der Waals surface area (Å²) in [6, 6.07) is 4.64. The van der Waals surface area contributed by atoms with E-state index >= 15 is 0 Å². The van der Waals surface area contributed by atoms with Gasteiger partial charge in [-0.1, -0.05) is 26.0 Å². The fraction of sp³-hybridized carbons (Fsp3) is 0.588. The van der Waals surface area contributed by atoms with Gasteiger partial charge in [-0.2, -0.15) is 13.2 Å². The Morgan fingerprint density at radius 1 is 1.42 bits per heavy atom. The second kappa shape index (κ2) is 7.98. The van der Waals surface area contributed by atoms with Crippen LogP contribution in [-0.4, -0.2) is 31.7 Å². The van der Waals surface area contributed by atoms with E-state index in [1.54, 1.807) is 6.07 Å². The van der Waals surface area contributed by atoms with E-state index in [0.717, 1.165) is 12.1 Å². The average Bonchev–Trinajstić information content (AvgIpc) is 2.54. The maximum absolute atomic E-state index is 12.9. The molecule has 1 fully saturated rings. The molecule has 1 aromatic carbocycles. The van der Waals surface area contributed by atoms with Crippen LogP contribution in [0.1, 0.15) is 37.4 Å². The molecular weight excluding hydrogens is 321 g/mol. The van der Waals surface area contributed by atoms with Crippen molar-refractivity contribution in [3.63, 3.8) is 0 Å². The normalized spacial score (nSPS) is 20.0. The van der Waals surface area contributed by atoms with E-state index in [-0.39, 0.29) is 11.8 Å². The van der Waals surface area contributed by atoms with Crippen LogP contribution < -0.4 is 10.6 Å². The van der Waals surface area contributed by atoms with Gasteiger partial charge in [0, 0.05) is 13.1 Å². The van der Waals surface area contributed by atoms with Crippen LogP contribution in [0.3, 0.4) is 0 Å². The molecule has 0 aliphatic carbocycles. The Balaban J connectivity index is 2.17. The van der Waals surface area contributed by atoms with E-state index in [0.29, 0.717) is 31.7 Å². The summed E-state index contributed by atoms with van der Waals surface area (Å²) in [6.07, 6.45) is -4.47. The molecule has 0 bridgehead atoms. The van der Waals surface area contributed by atoms with Crippen LogP contribution in [-0.2, 0) is 15.7 Å². The lowest BCUT2D eigenvalue weighted by atomic mass is 9.95. The Labute approximate surface area is 139 Å². The zero-order chi connectivity index (χ0) is 17.7. The molecule has 2 unspecified atom stereocenters. The number of hydrogen-bond acceptors (Lipinski definition) is 3. The number of morpholine rings is 1. The van der Waals surface area contributed by atoms with Crippen LogP contribution in [0.15, 0.2) is 24.3 Å². The minimum absolute atomic E-state index is 0.218. The van der Waals surface area contributed by atoms with Crippen molar-refractivity contribution in [2.45, 2.75) is 38.6 Å². The van der Waals surface area contributed by atoms with E-state index in [1.807, 2.05) is 13.8 Å². The van der Waals surface area contributed by atoms with Gasteiger partial charge in [0.15, 0.2) is 0 Å². The zero-order valence-electron chi connectivity index (χ0n) is 13.8. The standard InChI is InChI=1S/C17H23F3N2O2/c1-11(2)8-14(22-16(23)15-10-21-6-7-24-15)12-4-3-5-13(9-12)17(18,19)20/h3-5,9,11,14-15,21H,6-8,10H2,1-2H3,(H,22,23). The summed E-state index contributed by atoms with van der Waals surface area (Å²) in [5.41, 5.74) is -0.255. The van der Waals surface area contributed by atoms with Gasteiger partial charge in [0.1, 0.15) is 6.10 Å². The molecule has 0 saturated carbocycles. The van der Waals surface area contributed by atoms with E-state index in [9.17, 15) is 18.0 Å². The van der Waals surface area contributed by atoms with Crippen molar-refractivity contribution in [1.29, 1.82) is 0 Å². The molecule has 134 valence electrons. The molecular formula is C17H23F3N2O2. The van der Waals surface area contributed by atoms with Crippen LogP contribution in [0.5, 0.6) is 0 Å². The number of rotatable bonds is 5. The summed E-state index contributed by atoms with van der Waals surface area (Å²) in [4.78, 5) is 12.3. The monoisotopic (exact) mass is 344 g/mol. The van der Waals surface area contributed by atoms with Gasteiger partial charge < -0.3 is 15.4 Å². The van der Waals surface area contributed by atoms with Crippen molar-refractivity contribution in [3.05, 3.63) is 35.4 Å². The second-order valence-corrected chi connectivity index (χ2v) is 6.38. The van der Waals surface area contributed by atoms with Gasteiger partial charge in [-0.25, -0.2) is 0 Å². The molecule has 2 N–H and O–H groups in total. The van der Waals surface area contributed by atoms with E-state index in [2.05, 4.69) is 10.6 Å².